The van der Waals surface area contributed by atoms with E-state index >= 15 is 0 Å². The van der Waals surface area contributed by atoms with Crippen molar-refractivity contribution in [1.29, 1.82) is 0 Å². The van der Waals surface area contributed by atoms with E-state index in [-0.39, 0.29) is 5.02 Å². The molecule has 0 atom stereocenters. The molecule has 0 saturated heterocycles. The molecule has 0 bridgehead atoms. The topological polar surface area (TPSA) is 26.0 Å². The van der Waals surface area contributed by atoms with Crippen LogP contribution in [-0.2, 0) is 0 Å². The van der Waals surface area contributed by atoms with E-state index in [9.17, 15) is 4.39 Å². The Morgan fingerprint density at radius 2 is 2.33 bits per heavy atom. The van der Waals surface area contributed by atoms with Gasteiger partial charge in [-0.3, -0.25) is 0 Å². The molecule has 0 aliphatic rings. The summed E-state index contributed by atoms with van der Waals surface area (Å²) in [5, 5.41) is -0.0112. The Hall–Kier alpha value is -0.360. The number of halogens is 3. The zero-order valence-corrected chi connectivity index (χ0v) is 8.56. The summed E-state index contributed by atoms with van der Waals surface area (Å²) < 4.78 is 18.6. The van der Waals surface area contributed by atoms with Gasteiger partial charge >= 0.3 is 0 Å². The summed E-state index contributed by atoms with van der Waals surface area (Å²) in [6, 6.07) is 1.70. The van der Waals surface area contributed by atoms with Gasteiger partial charge in [0, 0.05) is 6.07 Å². The summed E-state index contributed by atoms with van der Waals surface area (Å²) in [4.78, 5) is 3.80. The molecule has 0 unspecified atom stereocenters. The van der Waals surface area contributed by atoms with Crippen LogP contribution in [0.1, 0.15) is 0 Å². The molecular weight excluding hydrogens is 295 g/mol. The number of nitrogens with zero attached hydrogens (tertiary/aromatic N) is 1. The molecule has 0 aromatic carbocycles. The zero-order valence-electron chi connectivity index (χ0n) is 5.64. The Balaban J connectivity index is 2.89. The monoisotopic (exact) mass is 297 g/mol. The maximum Gasteiger partial charge on any atom is 0.175 e. The van der Waals surface area contributed by atoms with Crippen LogP contribution < -0.4 is 0 Å². The number of aromatic nitrogens is 1. The molecule has 12 heavy (non-hydrogen) atoms. The molecule has 5 heteroatoms. The van der Waals surface area contributed by atoms with Crippen LogP contribution in [0.5, 0.6) is 0 Å². The van der Waals surface area contributed by atoms with E-state index in [4.69, 9.17) is 16.0 Å². The second kappa shape index (κ2) is 2.85. The van der Waals surface area contributed by atoms with E-state index in [0.717, 1.165) is 6.20 Å². The summed E-state index contributed by atoms with van der Waals surface area (Å²) in [6.45, 7) is 0. The largest absolute Gasteiger partial charge is 0.447 e. The molecule has 2 aromatic heterocycles. The number of furan rings is 1. The molecule has 0 aliphatic carbocycles. The van der Waals surface area contributed by atoms with Gasteiger partial charge in [0.05, 0.1) is 6.20 Å². The zero-order chi connectivity index (χ0) is 8.72. The smallest absolute Gasteiger partial charge is 0.175 e. The molecule has 2 rings (SSSR count). The normalized spacial score (nSPS) is 10.9. The summed E-state index contributed by atoms with van der Waals surface area (Å²) in [7, 11) is 0. The molecule has 0 spiro atoms. The average molecular weight is 297 g/mol. The van der Waals surface area contributed by atoms with Crippen LogP contribution in [0.15, 0.2) is 16.7 Å². The molecule has 2 aromatic rings. The van der Waals surface area contributed by atoms with Gasteiger partial charge in [0.1, 0.15) is 10.5 Å². The number of hydrogen-bond donors (Lipinski definition) is 0. The quantitative estimate of drug-likeness (QED) is 0.698. The van der Waals surface area contributed by atoms with Gasteiger partial charge in [-0.1, -0.05) is 11.6 Å². The molecule has 0 amide bonds. The van der Waals surface area contributed by atoms with Crippen LogP contribution in [0.25, 0.3) is 11.1 Å². The summed E-state index contributed by atoms with van der Waals surface area (Å²) in [5.74, 6) is -0.560. The van der Waals surface area contributed by atoms with E-state index in [1.807, 2.05) is 22.6 Å². The van der Waals surface area contributed by atoms with Gasteiger partial charge in [0.15, 0.2) is 15.2 Å². The average Bonchev–Trinajstić information content (AvgIpc) is 2.39. The molecular formula is C7H2ClFINO. The van der Waals surface area contributed by atoms with Crippen LogP contribution >= 0.6 is 34.2 Å². The molecule has 0 N–H and O–H groups in total. The maximum absolute atomic E-state index is 12.8. The predicted octanol–water partition coefficient (Wildman–Crippen LogP) is 3.22. The second-order valence-electron chi connectivity index (χ2n) is 2.18. The highest BCUT2D eigenvalue weighted by atomic mass is 127. The molecule has 0 fully saturated rings. The van der Waals surface area contributed by atoms with Crippen molar-refractivity contribution < 1.29 is 8.81 Å². The Morgan fingerprint density at radius 1 is 1.58 bits per heavy atom. The third-order valence-corrected chi connectivity index (χ3v) is 2.29. The van der Waals surface area contributed by atoms with E-state index in [2.05, 4.69) is 4.98 Å². The Morgan fingerprint density at radius 3 is 3.08 bits per heavy atom. The second-order valence-corrected chi connectivity index (χ2v) is 3.63. The lowest BCUT2D eigenvalue weighted by molar-refractivity contribution is 0.574. The van der Waals surface area contributed by atoms with Crippen LogP contribution in [0.3, 0.4) is 0 Å². The third-order valence-electron chi connectivity index (χ3n) is 1.41. The van der Waals surface area contributed by atoms with Crippen molar-refractivity contribution in [1.82, 2.24) is 4.98 Å². The Bertz CT molecular complexity index is 442. The van der Waals surface area contributed by atoms with Gasteiger partial charge in [-0.2, -0.15) is 0 Å². The summed E-state index contributed by atoms with van der Waals surface area (Å²) >= 11 is 7.60. The highest BCUT2D eigenvalue weighted by Gasteiger charge is 2.10. The summed E-state index contributed by atoms with van der Waals surface area (Å²) in [5.41, 5.74) is 0.881. The highest BCUT2D eigenvalue weighted by Crippen LogP contribution is 2.27. The first-order chi connectivity index (χ1) is 5.68. The van der Waals surface area contributed by atoms with Crippen molar-refractivity contribution in [3.8, 4) is 0 Å². The van der Waals surface area contributed by atoms with E-state index in [1.165, 1.54) is 0 Å². The molecule has 2 heterocycles. The van der Waals surface area contributed by atoms with Crippen LogP contribution in [0, 0.1) is 9.58 Å². The number of rotatable bonds is 0. The minimum Gasteiger partial charge on any atom is -0.447 e. The maximum atomic E-state index is 12.8. The van der Waals surface area contributed by atoms with Crippen molar-refractivity contribution >= 4 is 45.3 Å². The first-order valence-electron chi connectivity index (χ1n) is 3.07. The molecule has 0 radical (unpaired) electrons. The SMILES string of the molecule is Fc1cnc2cc(I)oc2c1Cl. The van der Waals surface area contributed by atoms with Crippen molar-refractivity contribution in [3.05, 3.63) is 26.9 Å². The minimum atomic E-state index is -0.560. The van der Waals surface area contributed by atoms with Gasteiger partial charge < -0.3 is 4.42 Å². The fraction of sp³-hybridized carbons (Fsp3) is 0. The first kappa shape index (κ1) is 8.25. The lowest BCUT2D eigenvalue weighted by atomic mass is 10.4. The van der Waals surface area contributed by atoms with Gasteiger partial charge in [0.2, 0.25) is 0 Å². The van der Waals surface area contributed by atoms with Crippen molar-refractivity contribution in [3.63, 3.8) is 0 Å². The molecule has 0 aliphatic heterocycles. The van der Waals surface area contributed by atoms with Crippen LogP contribution in [0.4, 0.5) is 4.39 Å². The number of hydrogen-bond acceptors (Lipinski definition) is 2. The van der Waals surface area contributed by atoms with Gasteiger partial charge in [-0.05, 0) is 22.6 Å². The van der Waals surface area contributed by atoms with E-state index < -0.39 is 5.82 Å². The third kappa shape index (κ3) is 1.19. The first-order valence-corrected chi connectivity index (χ1v) is 4.53. The fourth-order valence-electron chi connectivity index (χ4n) is 0.897. The Kier molecular flexibility index (Phi) is 1.96. The van der Waals surface area contributed by atoms with Gasteiger partial charge in [-0.15, -0.1) is 0 Å². The lowest BCUT2D eigenvalue weighted by Crippen LogP contribution is -1.79. The van der Waals surface area contributed by atoms with Crippen molar-refractivity contribution in [2.24, 2.45) is 0 Å². The lowest BCUT2D eigenvalue weighted by Gasteiger charge is -1.91. The molecule has 0 saturated carbocycles. The van der Waals surface area contributed by atoms with Crippen LogP contribution in [-0.4, -0.2) is 4.98 Å². The van der Waals surface area contributed by atoms with Gasteiger partial charge in [-0.25, -0.2) is 9.37 Å². The predicted molar refractivity (Wildman–Crippen MR) is 51.7 cm³/mol. The highest BCUT2D eigenvalue weighted by molar-refractivity contribution is 14.1. The van der Waals surface area contributed by atoms with E-state index in [0.29, 0.717) is 14.9 Å². The minimum absolute atomic E-state index is 0.0112. The van der Waals surface area contributed by atoms with E-state index in [1.54, 1.807) is 6.07 Å². The number of fused-ring (bicyclic) bond motifs is 1. The molecule has 62 valence electrons. The van der Waals surface area contributed by atoms with Crippen molar-refractivity contribution in [2.75, 3.05) is 0 Å². The van der Waals surface area contributed by atoms with Crippen LogP contribution in [0.2, 0.25) is 5.02 Å². The fourth-order valence-corrected chi connectivity index (χ4v) is 1.60. The standard InChI is InChI=1S/C7H2ClFINO/c8-6-3(9)2-11-4-1-5(10)12-7(4)6/h1-2H. The van der Waals surface area contributed by atoms with Gasteiger partial charge in [0.25, 0.3) is 0 Å². The molecule has 2 nitrogen and oxygen atoms in total. The Labute approximate surface area is 85.9 Å². The number of pyridine rings is 1. The van der Waals surface area contributed by atoms with Crippen molar-refractivity contribution in [2.45, 2.75) is 0 Å². The summed E-state index contributed by atoms with van der Waals surface area (Å²) in [6.07, 6.45) is 1.08.